The molecular formula is C16H13NOS. The van der Waals surface area contributed by atoms with E-state index < -0.39 is 11.0 Å². The molecule has 3 aromatic carbocycles. The quantitative estimate of drug-likeness (QED) is 0.764. The van der Waals surface area contributed by atoms with E-state index in [1.165, 1.54) is 0 Å². The number of anilines is 1. The van der Waals surface area contributed by atoms with Crippen LogP contribution < -0.4 is 4.72 Å². The summed E-state index contributed by atoms with van der Waals surface area (Å²) in [6.07, 6.45) is 0. The lowest BCUT2D eigenvalue weighted by atomic mass is 10.1. The molecule has 0 amide bonds. The highest BCUT2D eigenvalue weighted by molar-refractivity contribution is 7.86. The summed E-state index contributed by atoms with van der Waals surface area (Å²) in [5.41, 5.74) is 0.855. The summed E-state index contributed by atoms with van der Waals surface area (Å²) in [4.78, 5) is 0.807. The van der Waals surface area contributed by atoms with Gasteiger partial charge >= 0.3 is 0 Å². The minimum atomic E-state index is -1.26. The Morgan fingerprint density at radius 2 is 1.42 bits per heavy atom. The highest BCUT2D eigenvalue weighted by Gasteiger charge is 2.07. The third-order valence-electron chi connectivity index (χ3n) is 2.93. The Balaban J connectivity index is 1.98. The van der Waals surface area contributed by atoms with Gasteiger partial charge in [-0.05, 0) is 29.0 Å². The van der Waals surface area contributed by atoms with Crippen LogP contribution in [0.5, 0.6) is 0 Å². The van der Waals surface area contributed by atoms with E-state index in [4.69, 9.17) is 0 Å². The van der Waals surface area contributed by atoms with Crippen LogP contribution >= 0.6 is 0 Å². The van der Waals surface area contributed by atoms with Gasteiger partial charge in [-0.2, -0.15) is 0 Å². The maximum atomic E-state index is 12.4. The van der Waals surface area contributed by atoms with Crippen molar-refractivity contribution < 1.29 is 4.21 Å². The monoisotopic (exact) mass is 267 g/mol. The highest BCUT2D eigenvalue weighted by atomic mass is 32.2. The Morgan fingerprint density at radius 1 is 0.737 bits per heavy atom. The van der Waals surface area contributed by atoms with Crippen LogP contribution in [0.4, 0.5) is 5.69 Å². The van der Waals surface area contributed by atoms with E-state index in [0.29, 0.717) is 0 Å². The zero-order valence-corrected chi connectivity index (χ0v) is 11.1. The van der Waals surface area contributed by atoms with Crippen molar-refractivity contribution in [3.8, 4) is 0 Å². The second kappa shape index (κ2) is 5.24. The van der Waals surface area contributed by atoms with Crippen molar-refractivity contribution in [2.75, 3.05) is 4.72 Å². The van der Waals surface area contributed by atoms with E-state index in [0.717, 1.165) is 21.4 Å². The van der Waals surface area contributed by atoms with Gasteiger partial charge in [-0.15, -0.1) is 0 Å². The van der Waals surface area contributed by atoms with Gasteiger partial charge in [-0.25, -0.2) is 4.21 Å². The molecule has 0 saturated heterocycles. The van der Waals surface area contributed by atoms with Gasteiger partial charge in [0.15, 0.2) is 11.0 Å². The fourth-order valence-corrected chi connectivity index (χ4v) is 3.07. The van der Waals surface area contributed by atoms with Crippen molar-refractivity contribution in [1.82, 2.24) is 0 Å². The van der Waals surface area contributed by atoms with Crippen molar-refractivity contribution in [2.24, 2.45) is 0 Å². The summed E-state index contributed by atoms with van der Waals surface area (Å²) in [6, 6.07) is 23.4. The minimum Gasteiger partial charge on any atom is -0.301 e. The number of hydrogen-bond acceptors (Lipinski definition) is 1. The molecule has 0 bridgehead atoms. The number of hydrogen-bond donors (Lipinski definition) is 1. The van der Waals surface area contributed by atoms with Crippen LogP contribution in [0.2, 0.25) is 0 Å². The lowest BCUT2D eigenvalue weighted by Crippen LogP contribution is -2.04. The fourth-order valence-electron chi connectivity index (χ4n) is 2.03. The molecule has 3 aromatic rings. The molecule has 0 aliphatic rings. The van der Waals surface area contributed by atoms with Gasteiger partial charge < -0.3 is 4.72 Å². The summed E-state index contributed by atoms with van der Waals surface area (Å²) in [6.45, 7) is 0. The van der Waals surface area contributed by atoms with Crippen molar-refractivity contribution in [2.45, 2.75) is 4.90 Å². The van der Waals surface area contributed by atoms with E-state index in [-0.39, 0.29) is 0 Å². The summed E-state index contributed by atoms with van der Waals surface area (Å²) in [5.74, 6) is 0. The van der Waals surface area contributed by atoms with Crippen molar-refractivity contribution in [1.29, 1.82) is 0 Å². The Morgan fingerprint density at radius 3 is 2.26 bits per heavy atom. The Bertz CT molecular complexity index is 720. The number of nitrogens with one attached hydrogen (secondary N) is 1. The van der Waals surface area contributed by atoms with Crippen LogP contribution in [0.1, 0.15) is 0 Å². The smallest absolute Gasteiger partial charge is 0.150 e. The summed E-state index contributed by atoms with van der Waals surface area (Å²) >= 11 is 0. The maximum absolute atomic E-state index is 12.4. The molecule has 0 fully saturated rings. The molecule has 3 rings (SSSR count). The second-order valence-electron chi connectivity index (χ2n) is 4.21. The van der Waals surface area contributed by atoms with Gasteiger partial charge in [-0.1, -0.05) is 54.6 Å². The Kier molecular flexibility index (Phi) is 3.29. The lowest BCUT2D eigenvalue weighted by Gasteiger charge is -2.08. The first-order chi connectivity index (χ1) is 9.34. The second-order valence-corrected chi connectivity index (χ2v) is 5.40. The molecule has 0 spiro atoms. The molecule has 0 radical (unpaired) electrons. The molecular weight excluding hydrogens is 254 g/mol. The summed E-state index contributed by atoms with van der Waals surface area (Å²) in [5, 5.41) is 2.12. The molecule has 1 atom stereocenters. The first kappa shape index (κ1) is 11.9. The third-order valence-corrected chi connectivity index (χ3v) is 4.11. The largest absolute Gasteiger partial charge is 0.301 e. The topological polar surface area (TPSA) is 29.1 Å². The lowest BCUT2D eigenvalue weighted by molar-refractivity contribution is 0.687. The highest BCUT2D eigenvalue weighted by Crippen LogP contribution is 2.22. The minimum absolute atomic E-state index is 0.807. The van der Waals surface area contributed by atoms with Crippen LogP contribution in [0, 0.1) is 0 Å². The Labute approximate surface area is 114 Å². The van der Waals surface area contributed by atoms with Gasteiger partial charge in [0.1, 0.15) is 0 Å². The average molecular weight is 267 g/mol. The van der Waals surface area contributed by atoms with Gasteiger partial charge in [0.05, 0.1) is 4.90 Å². The number of benzene rings is 3. The van der Waals surface area contributed by atoms with Gasteiger partial charge in [0.25, 0.3) is 0 Å². The van der Waals surface area contributed by atoms with Crippen LogP contribution in [-0.4, -0.2) is 4.21 Å². The van der Waals surface area contributed by atoms with Crippen LogP contribution in [0.3, 0.4) is 0 Å². The molecule has 1 unspecified atom stereocenters. The van der Waals surface area contributed by atoms with Crippen molar-refractivity contribution >= 4 is 27.4 Å². The third kappa shape index (κ3) is 2.51. The number of fused-ring (bicyclic) bond motifs is 1. The maximum Gasteiger partial charge on any atom is 0.150 e. The molecule has 0 aliphatic carbocycles. The van der Waals surface area contributed by atoms with Gasteiger partial charge in [0, 0.05) is 5.69 Å². The van der Waals surface area contributed by atoms with E-state index in [1.54, 1.807) is 0 Å². The van der Waals surface area contributed by atoms with Gasteiger partial charge in [0.2, 0.25) is 0 Å². The van der Waals surface area contributed by atoms with E-state index in [1.807, 2.05) is 72.8 Å². The van der Waals surface area contributed by atoms with E-state index in [9.17, 15) is 4.21 Å². The van der Waals surface area contributed by atoms with E-state index in [2.05, 4.69) is 4.72 Å². The first-order valence-corrected chi connectivity index (χ1v) is 7.21. The SMILES string of the molecule is O=S(Nc1ccccc1)c1cccc2ccccc12. The fraction of sp³-hybridized carbons (Fsp3) is 0. The normalized spacial score (nSPS) is 12.2. The Hall–Kier alpha value is -2.13. The van der Waals surface area contributed by atoms with Gasteiger partial charge in [-0.3, -0.25) is 0 Å². The zero-order chi connectivity index (χ0) is 13.1. The number of para-hydroxylation sites is 1. The predicted octanol–water partition coefficient (Wildman–Crippen LogP) is 3.97. The first-order valence-electron chi connectivity index (χ1n) is 6.06. The van der Waals surface area contributed by atoms with Crippen LogP contribution in [0.25, 0.3) is 10.8 Å². The standard InChI is InChI=1S/C16H13NOS/c18-19(17-14-9-2-1-3-10-14)16-12-6-8-13-7-4-5-11-15(13)16/h1-12,17H. The molecule has 0 aromatic heterocycles. The molecule has 1 N–H and O–H groups in total. The van der Waals surface area contributed by atoms with Crippen LogP contribution in [-0.2, 0) is 11.0 Å². The molecule has 94 valence electrons. The van der Waals surface area contributed by atoms with Crippen molar-refractivity contribution in [3.63, 3.8) is 0 Å². The molecule has 0 saturated carbocycles. The molecule has 0 heterocycles. The average Bonchev–Trinajstić information content (AvgIpc) is 2.47. The molecule has 2 nitrogen and oxygen atoms in total. The predicted molar refractivity (Wildman–Crippen MR) is 80.4 cm³/mol. The zero-order valence-electron chi connectivity index (χ0n) is 10.2. The van der Waals surface area contributed by atoms with Crippen molar-refractivity contribution in [3.05, 3.63) is 72.8 Å². The van der Waals surface area contributed by atoms with Crippen LogP contribution in [0.15, 0.2) is 77.7 Å². The number of rotatable bonds is 3. The molecule has 19 heavy (non-hydrogen) atoms. The molecule has 0 aliphatic heterocycles. The molecule has 3 heteroatoms. The summed E-state index contributed by atoms with van der Waals surface area (Å²) < 4.78 is 15.5. The van der Waals surface area contributed by atoms with E-state index >= 15 is 0 Å². The summed E-state index contributed by atoms with van der Waals surface area (Å²) in [7, 11) is -1.26.